The van der Waals surface area contributed by atoms with Gasteiger partial charge in [0.1, 0.15) is 11.5 Å². The lowest BCUT2D eigenvalue weighted by atomic mass is 10.0. The summed E-state index contributed by atoms with van der Waals surface area (Å²) in [7, 11) is 1.87. The summed E-state index contributed by atoms with van der Waals surface area (Å²) in [5, 5.41) is 8.66. The van der Waals surface area contributed by atoms with Crippen LogP contribution in [0.2, 0.25) is 0 Å². The molecule has 0 saturated carbocycles. The minimum atomic E-state index is -0.743. The third-order valence-electron chi connectivity index (χ3n) is 4.90. The number of nitrogens with zero attached hydrogens (tertiary/aromatic N) is 5. The number of halogens is 2. The van der Waals surface area contributed by atoms with Crippen molar-refractivity contribution in [1.82, 2.24) is 24.4 Å². The quantitative estimate of drug-likeness (QED) is 0.456. The van der Waals surface area contributed by atoms with Gasteiger partial charge in [0.2, 0.25) is 0 Å². The normalized spacial score (nSPS) is 11.3. The van der Waals surface area contributed by atoms with E-state index in [9.17, 15) is 8.78 Å². The Morgan fingerprint density at radius 3 is 2.43 bits per heavy atom. The second-order valence-corrected chi connectivity index (χ2v) is 7.04. The molecule has 0 spiro atoms. The average Bonchev–Trinajstić information content (AvgIpc) is 3.33. The summed E-state index contributed by atoms with van der Waals surface area (Å²) in [5.74, 6) is -1.47. The van der Waals surface area contributed by atoms with E-state index >= 15 is 0 Å². The molecule has 4 heterocycles. The average molecular weight is 402 g/mol. The van der Waals surface area contributed by atoms with Gasteiger partial charge in [0.25, 0.3) is 0 Å². The molecule has 2 N–H and O–H groups in total. The fraction of sp³-hybridized carbons (Fsp3) is 0.0455. The van der Waals surface area contributed by atoms with E-state index < -0.39 is 11.6 Å². The Hall–Kier alpha value is -4.07. The van der Waals surface area contributed by atoms with E-state index in [0.717, 1.165) is 40.0 Å². The van der Waals surface area contributed by atoms with Gasteiger partial charge in [0.05, 0.1) is 24.1 Å². The van der Waals surface area contributed by atoms with E-state index in [2.05, 4.69) is 15.2 Å². The number of nitrogen functional groups attached to an aromatic ring is 1. The molecule has 8 heteroatoms. The molecule has 0 amide bonds. The molecule has 0 aliphatic rings. The predicted molar refractivity (Wildman–Crippen MR) is 110 cm³/mol. The van der Waals surface area contributed by atoms with Crippen LogP contribution in [-0.4, -0.2) is 24.4 Å². The van der Waals surface area contributed by atoms with Crippen molar-refractivity contribution in [3.63, 3.8) is 0 Å². The van der Waals surface area contributed by atoms with E-state index in [1.54, 1.807) is 39.8 Å². The summed E-state index contributed by atoms with van der Waals surface area (Å²) in [4.78, 5) is 3.89. The zero-order valence-electron chi connectivity index (χ0n) is 15.9. The number of pyridine rings is 2. The molecule has 5 rings (SSSR count). The van der Waals surface area contributed by atoms with E-state index in [4.69, 9.17) is 5.73 Å². The zero-order chi connectivity index (χ0) is 20.8. The lowest BCUT2D eigenvalue weighted by Crippen LogP contribution is -1.94. The van der Waals surface area contributed by atoms with Gasteiger partial charge >= 0.3 is 0 Å². The van der Waals surface area contributed by atoms with Crippen molar-refractivity contribution in [2.45, 2.75) is 0 Å². The van der Waals surface area contributed by atoms with Crippen molar-refractivity contribution in [2.24, 2.45) is 7.05 Å². The minimum Gasteiger partial charge on any atom is -0.399 e. The highest BCUT2D eigenvalue weighted by Crippen LogP contribution is 2.32. The van der Waals surface area contributed by atoms with Crippen molar-refractivity contribution in [1.29, 1.82) is 0 Å². The van der Waals surface area contributed by atoms with Crippen molar-refractivity contribution < 1.29 is 8.78 Å². The van der Waals surface area contributed by atoms with Crippen LogP contribution < -0.4 is 5.73 Å². The van der Waals surface area contributed by atoms with Gasteiger partial charge in [-0.15, -0.1) is 0 Å². The Labute approximate surface area is 170 Å². The van der Waals surface area contributed by atoms with Crippen LogP contribution in [0.5, 0.6) is 0 Å². The number of hydrogen-bond acceptors (Lipinski definition) is 4. The summed E-state index contributed by atoms with van der Waals surface area (Å²) in [6.07, 6.45) is 8.36. The largest absolute Gasteiger partial charge is 0.399 e. The van der Waals surface area contributed by atoms with Crippen LogP contribution >= 0.6 is 0 Å². The third kappa shape index (κ3) is 3.08. The Bertz CT molecular complexity index is 1400. The van der Waals surface area contributed by atoms with E-state index in [1.807, 2.05) is 31.6 Å². The topological polar surface area (TPSA) is 74.0 Å². The highest BCUT2D eigenvalue weighted by molar-refractivity contribution is 5.85. The lowest BCUT2D eigenvalue weighted by molar-refractivity contribution is 0.576. The molecule has 0 unspecified atom stereocenters. The van der Waals surface area contributed by atoms with Crippen LogP contribution in [0.15, 0.2) is 67.4 Å². The van der Waals surface area contributed by atoms with E-state index in [1.165, 1.54) is 0 Å². The Morgan fingerprint density at radius 2 is 1.67 bits per heavy atom. The van der Waals surface area contributed by atoms with Crippen LogP contribution in [0.4, 0.5) is 14.5 Å². The van der Waals surface area contributed by atoms with Crippen molar-refractivity contribution >= 4 is 11.2 Å². The minimum absolute atomic E-state index is 0.0419. The number of fused-ring (bicyclic) bond motifs is 1. The van der Waals surface area contributed by atoms with Crippen molar-refractivity contribution in [3.8, 4) is 33.5 Å². The maximum absolute atomic E-state index is 14.2. The van der Waals surface area contributed by atoms with Gasteiger partial charge < -0.3 is 5.73 Å². The number of anilines is 1. The second-order valence-electron chi connectivity index (χ2n) is 7.04. The molecule has 6 nitrogen and oxygen atoms in total. The molecule has 0 atom stereocenters. The summed E-state index contributed by atoms with van der Waals surface area (Å²) in [6, 6.07) is 9.93. The molecule has 5 aromatic rings. The molecule has 0 saturated heterocycles. The van der Waals surface area contributed by atoms with Crippen LogP contribution in [0.25, 0.3) is 39.0 Å². The SMILES string of the molecule is Cn1cc(-c2ccc3c(-c4cc(N)cc(-c5ncc(F)cc5F)c4)cnn3c2)cn1. The van der Waals surface area contributed by atoms with Crippen LogP contribution in [-0.2, 0) is 7.05 Å². The van der Waals surface area contributed by atoms with Gasteiger partial charge in [-0.1, -0.05) is 6.07 Å². The number of hydrogen-bond donors (Lipinski definition) is 1. The molecule has 148 valence electrons. The zero-order valence-corrected chi connectivity index (χ0v) is 15.9. The fourth-order valence-electron chi connectivity index (χ4n) is 3.52. The van der Waals surface area contributed by atoms with E-state index in [-0.39, 0.29) is 5.69 Å². The first kappa shape index (κ1) is 18.0. The number of aryl methyl sites for hydroxylation is 1. The van der Waals surface area contributed by atoms with Gasteiger partial charge in [0.15, 0.2) is 5.82 Å². The first-order chi connectivity index (χ1) is 14.5. The molecule has 0 aliphatic carbocycles. The smallest absolute Gasteiger partial charge is 0.152 e. The maximum atomic E-state index is 14.2. The first-order valence-electron chi connectivity index (χ1n) is 9.17. The molecular weight excluding hydrogens is 386 g/mol. The highest BCUT2D eigenvalue weighted by Gasteiger charge is 2.14. The Kier molecular flexibility index (Phi) is 4.06. The van der Waals surface area contributed by atoms with Gasteiger partial charge in [-0.2, -0.15) is 10.2 Å². The Morgan fingerprint density at radius 1 is 0.833 bits per heavy atom. The van der Waals surface area contributed by atoms with Crippen LogP contribution in [0.1, 0.15) is 0 Å². The molecular formula is C22H16F2N6. The van der Waals surface area contributed by atoms with Crippen molar-refractivity contribution in [3.05, 3.63) is 79.0 Å². The first-order valence-corrected chi connectivity index (χ1v) is 9.17. The van der Waals surface area contributed by atoms with E-state index in [0.29, 0.717) is 11.3 Å². The monoisotopic (exact) mass is 402 g/mol. The molecule has 0 radical (unpaired) electrons. The number of aromatic nitrogens is 5. The summed E-state index contributed by atoms with van der Waals surface area (Å²) < 4.78 is 31.0. The van der Waals surface area contributed by atoms with Gasteiger partial charge in [-0.25, -0.2) is 13.3 Å². The van der Waals surface area contributed by atoms with Crippen LogP contribution in [0.3, 0.4) is 0 Å². The molecule has 1 aromatic carbocycles. The summed E-state index contributed by atoms with van der Waals surface area (Å²) in [6.45, 7) is 0. The predicted octanol–water partition coefficient (Wildman–Crippen LogP) is 4.32. The Balaban J connectivity index is 1.61. The van der Waals surface area contributed by atoms with Gasteiger partial charge in [0, 0.05) is 53.4 Å². The summed E-state index contributed by atoms with van der Waals surface area (Å²) >= 11 is 0. The lowest BCUT2D eigenvalue weighted by Gasteiger charge is -2.08. The molecule has 0 aliphatic heterocycles. The van der Waals surface area contributed by atoms with Gasteiger partial charge in [-0.3, -0.25) is 9.67 Å². The summed E-state index contributed by atoms with van der Waals surface area (Å²) in [5.41, 5.74) is 11.5. The maximum Gasteiger partial charge on any atom is 0.152 e. The number of benzene rings is 1. The molecule has 4 aromatic heterocycles. The van der Waals surface area contributed by atoms with Crippen molar-refractivity contribution in [2.75, 3.05) is 5.73 Å². The molecule has 30 heavy (non-hydrogen) atoms. The van der Waals surface area contributed by atoms with Gasteiger partial charge in [-0.05, 0) is 29.8 Å². The third-order valence-corrected chi connectivity index (χ3v) is 4.90. The number of rotatable bonds is 3. The molecule has 0 bridgehead atoms. The highest BCUT2D eigenvalue weighted by atomic mass is 19.1. The fourth-order valence-corrected chi connectivity index (χ4v) is 3.52. The number of nitrogens with two attached hydrogens (primary N) is 1. The standard InChI is InChI=1S/C22H16F2N6/c1-29-11-16(8-27-29)13-2-3-21-19(10-28-30(21)12-13)14-4-15(6-18(25)5-14)22-20(24)7-17(23)9-26-22/h2-12H,25H2,1H3. The van der Waals surface area contributed by atoms with Crippen LogP contribution in [0, 0.1) is 11.6 Å². The molecule has 0 fully saturated rings. The second kappa shape index (κ2) is 6.77.